The van der Waals surface area contributed by atoms with Crippen molar-refractivity contribution >= 4 is 51.4 Å². The number of amides is 2. The first kappa shape index (κ1) is 20.5. The molecule has 1 aliphatic carbocycles. The van der Waals surface area contributed by atoms with Crippen LogP contribution in [0.5, 0.6) is 0 Å². The largest absolute Gasteiger partial charge is 0.369 e. The standard InChI is InChI=1S/C24H25IN4O2/c25-17-3-8-20-21(13-17)22(24(31)27-23(20)30)14-26-18-4-6-19(7-5-18)29-11-9-28(10-12-29)15-16-1-2-16/h3-8,13-14,16,26H,1-2,9-12,15H2,(H,27,30,31). The molecule has 2 aromatic rings. The molecule has 31 heavy (non-hydrogen) atoms. The van der Waals surface area contributed by atoms with E-state index < -0.39 is 0 Å². The molecule has 0 atom stereocenters. The fourth-order valence-corrected chi connectivity index (χ4v) is 4.71. The van der Waals surface area contributed by atoms with Gasteiger partial charge in [-0.25, -0.2) is 0 Å². The lowest BCUT2D eigenvalue weighted by atomic mass is 9.95. The van der Waals surface area contributed by atoms with E-state index in [-0.39, 0.29) is 11.8 Å². The number of anilines is 2. The van der Waals surface area contributed by atoms with E-state index in [2.05, 4.69) is 55.2 Å². The summed E-state index contributed by atoms with van der Waals surface area (Å²) in [6.07, 6.45) is 4.50. The number of carbonyl (C=O) groups is 2. The number of piperazine rings is 1. The first-order valence-corrected chi connectivity index (χ1v) is 11.8. The first-order chi connectivity index (χ1) is 15.1. The number of nitrogens with zero attached hydrogens (tertiary/aromatic N) is 2. The van der Waals surface area contributed by atoms with Crippen LogP contribution in [0.25, 0.3) is 5.57 Å². The number of nitrogens with one attached hydrogen (secondary N) is 2. The Hall–Kier alpha value is -2.39. The Bertz CT molecular complexity index is 1040. The SMILES string of the molecule is O=C1NC(=O)c2ccc(I)cc2C1=CNc1ccc(N2CCN(CC3CC3)CC2)cc1. The molecule has 7 heteroatoms. The minimum absolute atomic E-state index is 0.352. The summed E-state index contributed by atoms with van der Waals surface area (Å²) in [7, 11) is 0. The smallest absolute Gasteiger partial charge is 0.260 e. The first-order valence-electron chi connectivity index (χ1n) is 10.8. The number of rotatable bonds is 5. The molecule has 1 saturated carbocycles. The van der Waals surface area contributed by atoms with Crippen molar-refractivity contribution in [2.24, 2.45) is 5.92 Å². The second-order valence-electron chi connectivity index (χ2n) is 8.45. The Morgan fingerprint density at radius 1 is 0.968 bits per heavy atom. The van der Waals surface area contributed by atoms with Gasteiger partial charge >= 0.3 is 0 Å². The second-order valence-corrected chi connectivity index (χ2v) is 9.70. The topological polar surface area (TPSA) is 64.7 Å². The van der Waals surface area contributed by atoms with Gasteiger partial charge in [0.05, 0.1) is 5.57 Å². The van der Waals surface area contributed by atoms with E-state index in [1.807, 2.05) is 24.3 Å². The van der Waals surface area contributed by atoms with Gasteiger partial charge in [0, 0.05) is 65.0 Å². The van der Waals surface area contributed by atoms with Crippen LogP contribution in [0.4, 0.5) is 11.4 Å². The normalized spacial score (nSPS) is 20.5. The molecule has 2 aliphatic heterocycles. The summed E-state index contributed by atoms with van der Waals surface area (Å²) < 4.78 is 0.978. The second kappa shape index (κ2) is 8.63. The summed E-state index contributed by atoms with van der Waals surface area (Å²) in [5.74, 6) is 0.216. The van der Waals surface area contributed by atoms with Gasteiger partial charge in [-0.15, -0.1) is 0 Å². The van der Waals surface area contributed by atoms with Crippen LogP contribution in [0.1, 0.15) is 28.8 Å². The fraction of sp³-hybridized carbons (Fsp3) is 0.333. The molecule has 0 radical (unpaired) electrons. The maximum absolute atomic E-state index is 12.4. The molecule has 3 aliphatic rings. The van der Waals surface area contributed by atoms with E-state index in [4.69, 9.17) is 0 Å². The summed E-state index contributed by atoms with van der Waals surface area (Å²) in [4.78, 5) is 29.5. The predicted molar refractivity (Wildman–Crippen MR) is 131 cm³/mol. The van der Waals surface area contributed by atoms with Crippen molar-refractivity contribution < 1.29 is 9.59 Å². The van der Waals surface area contributed by atoms with Crippen LogP contribution < -0.4 is 15.5 Å². The van der Waals surface area contributed by atoms with Crippen molar-refractivity contribution in [3.8, 4) is 0 Å². The average molecular weight is 528 g/mol. The summed E-state index contributed by atoms with van der Waals surface area (Å²) in [5, 5.41) is 5.64. The van der Waals surface area contributed by atoms with Crippen LogP contribution in [0.2, 0.25) is 0 Å². The van der Waals surface area contributed by atoms with Crippen LogP contribution in [-0.2, 0) is 4.79 Å². The number of fused-ring (bicyclic) bond motifs is 1. The monoisotopic (exact) mass is 528 g/mol. The van der Waals surface area contributed by atoms with E-state index in [0.29, 0.717) is 16.7 Å². The summed E-state index contributed by atoms with van der Waals surface area (Å²) in [6.45, 7) is 5.66. The van der Waals surface area contributed by atoms with Gasteiger partial charge in [-0.05, 0) is 83.8 Å². The molecule has 160 valence electrons. The molecule has 6 nitrogen and oxygen atoms in total. The van der Waals surface area contributed by atoms with Gasteiger partial charge in [0.15, 0.2) is 0 Å². The van der Waals surface area contributed by atoms with Crippen molar-refractivity contribution in [1.29, 1.82) is 0 Å². The molecular weight excluding hydrogens is 503 g/mol. The number of hydrogen-bond donors (Lipinski definition) is 2. The molecule has 2 aromatic carbocycles. The van der Waals surface area contributed by atoms with E-state index in [1.165, 1.54) is 25.1 Å². The highest BCUT2D eigenvalue weighted by atomic mass is 127. The van der Waals surface area contributed by atoms with Gasteiger partial charge in [0.1, 0.15) is 0 Å². The molecule has 0 spiro atoms. The van der Waals surface area contributed by atoms with Crippen molar-refractivity contribution in [3.05, 3.63) is 63.4 Å². The number of benzene rings is 2. The summed E-state index contributed by atoms with van der Waals surface area (Å²) in [6, 6.07) is 13.8. The van der Waals surface area contributed by atoms with Gasteiger partial charge in [-0.1, -0.05) is 0 Å². The Labute approximate surface area is 195 Å². The third-order valence-electron chi connectivity index (χ3n) is 6.19. The molecule has 2 fully saturated rings. The van der Waals surface area contributed by atoms with Gasteiger partial charge in [-0.3, -0.25) is 19.8 Å². The van der Waals surface area contributed by atoms with Gasteiger partial charge < -0.3 is 10.2 Å². The summed E-state index contributed by atoms with van der Waals surface area (Å²) in [5.41, 5.74) is 3.77. The molecule has 2 heterocycles. The minimum Gasteiger partial charge on any atom is -0.369 e. The molecule has 2 N–H and O–H groups in total. The molecular formula is C24H25IN4O2. The van der Waals surface area contributed by atoms with Crippen LogP contribution >= 0.6 is 22.6 Å². The molecule has 0 unspecified atom stereocenters. The Morgan fingerprint density at radius 2 is 1.71 bits per heavy atom. The van der Waals surface area contributed by atoms with Crippen molar-refractivity contribution in [2.75, 3.05) is 42.9 Å². The molecule has 5 rings (SSSR count). The zero-order chi connectivity index (χ0) is 21.4. The van der Waals surface area contributed by atoms with E-state index >= 15 is 0 Å². The zero-order valence-electron chi connectivity index (χ0n) is 17.2. The number of carbonyl (C=O) groups excluding carboxylic acids is 2. The maximum atomic E-state index is 12.4. The summed E-state index contributed by atoms with van der Waals surface area (Å²) >= 11 is 2.19. The van der Waals surface area contributed by atoms with Crippen molar-refractivity contribution in [3.63, 3.8) is 0 Å². The molecule has 2 amide bonds. The van der Waals surface area contributed by atoms with E-state index in [1.54, 1.807) is 12.3 Å². The Morgan fingerprint density at radius 3 is 2.42 bits per heavy atom. The Balaban J connectivity index is 1.25. The lowest BCUT2D eigenvalue weighted by Gasteiger charge is -2.36. The van der Waals surface area contributed by atoms with Crippen LogP contribution in [-0.4, -0.2) is 49.4 Å². The van der Waals surface area contributed by atoms with Crippen LogP contribution in [0.15, 0.2) is 48.7 Å². The third-order valence-corrected chi connectivity index (χ3v) is 6.86. The number of halogens is 1. The van der Waals surface area contributed by atoms with Crippen molar-refractivity contribution in [2.45, 2.75) is 12.8 Å². The van der Waals surface area contributed by atoms with E-state index in [0.717, 1.165) is 41.4 Å². The lowest BCUT2D eigenvalue weighted by molar-refractivity contribution is -0.114. The molecule has 1 saturated heterocycles. The van der Waals surface area contributed by atoms with Crippen molar-refractivity contribution in [1.82, 2.24) is 10.2 Å². The lowest BCUT2D eigenvalue weighted by Crippen LogP contribution is -2.47. The minimum atomic E-state index is -0.382. The van der Waals surface area contributed by atoms with E-state index in [9.17, 15) is 9.59 Å². The zero-order valence-corrected chi connectivity index (χ0v) is 19.4. The average Bonchev–Trinajstić information content (AvgIpc) is 3.58. The third kappa shape index (κ3) is 4.62. The molecule has 0 bridgehead atoms. The van der Waals surface area contributed by atoms with Gasteiger partial charge in [0.25, 0.3) is 11.8 Å². The van der Waals surface area contributed by atoms with Crippen LogP contribution in [0, 0.1) is 9.49 Å². The highest BCUT2D eigenvalue weighted by Gasteiger charge is 2.28. The fourth-order valence-electron chi connectivity index (χ4n) is 4.22. The van der Waals surface area contributed by atoms with Gasteiger partial charge in [-0.2, -0.15) is 0 Å². The Kier molecular flexibility index (Phi) is 5.71. The molecule has 0 aromatic heterocycles. The van der Waals surface area contributed by atoms with Crippen LogP contribution in [0.3, 0.4) is 0 Å². The van der Waals surface area contributed by atoms with Gasteiger partial charge in [0.2, 0.25) is 0 Å². The highest BCUT2D eigenvalue weighted by Crippen LogP contribution is 2.30. The highest BCUT2D eigenvalue weighted by molar-refractivity contribution is 14.1. The number of imide groups is 1. The number of hydrogen-bond acceptors (Lipinski definition) is 5. The predicted octanol–water partition coefficient (Wildman–Crippen LogP) is 3.55. The maximum Gasteiger partial charge on any atom is 0.260 e. The quantitative estimate of drug-likeness (QED) is 0.353.